The number of methoxy groups -OCH3 is 1. The van der Waals surface area contributed by atoms with E-state index in [0.717, 1.165) is 6.07 Å². The highest BCUT2D eigenvalue weighted by Gasteiger charge is 2.09. The number of nitrogens with zero attached hydrogens (tertiary/aromatic N) is 1. The van der Waals surface area contributed by atoms with Crippen molar-refractivity contribution in [1.82, 2.24) is 10.4 Å². The van der Waals surface area contributed by atoms with Crippen LogP contribution in [0.1, 0.15) is 10.4 Å². The minimum Gasteiger partial charge on any atom is -0.479 e. The van der Waals surface area contributed by atoms with Gasteiger partial charge in [0.05, 0.1) is 24.0 Å². The summed E-state index contributed by atoms with van der Waals surface area (Å²) in [7, 11) is 1.32. The first-order chi connectivity index (χ1) is 10.0. The van der Waals surface area contributed by atoms with Crippen molar-refractivity contribution in [1.29, 1.82) is 0 Å². The van der Waals surface area contributed by atoms with Crippen molar-refractivity contribution in [2.24, 2.45) is 0 Å². The van der Waals surface area contributed by atoms with Crippen LogP contribution in [0.4, 0.5) is 10.1 Å². The zero-order valence-corrected chi connectivity index (χ0v) is 13.1. The van der Waals surface area contributed by atoms with Crippen LogP contribution >= 0.6 is 27.5 Å². The average Bonchev–Trinajstić information content (AvgIpc) is 2.47. The highest BCUT2D eigenvalue weighted by molar-refractivity contribution is 9.10. The number of amides is 1. The Morgan fingerprint density at radius 2 is 2.19 bits per heavy atom. The van der Waals surface area contributed by atoms with E-state index in [0.29, 0.717) is 15.1 Å². The van der Waals surface area contributed by atoms with Gasteiger partial charge in [-0.15, -0.1) is 0 Å². The van der Waals surface area contributed by atoms with E-state index in [9.17, 15) is 9.18 Å². The number of rotatable bonds is 4. The number of benzene rings is 1. The Labute approximate surface area is 133 Å². The van der Waals surface area contributed by atoms with E-state index in [1.165, 1.54) is 13.3 Å². The number of hydrazine groups is 1. The van der Waals surface area contributed by atoms with Crippen molar-refractivity contribution in [3.8, 4) is 5.88 Å². The molecule has 0 aliphatic rings. The van der Waals surface area contributed by atoms with Gasteiger partial charge in [-0.1, -0.05) is 11.6 Å². The quantitative estimate of drug-likeness (QED) is 0.805. The fraction of sp³-hybridized carbons (Fsp3) is 0.0769. The molecule has 0 radical (unpaired) electrons. The molecule has 5 nitrogen and oxygen atoms in total. The Hall–Kier alpha value is -1.86. The lowest BCUT2D eigenvalue weighted by Gasteiger charge is -2.09. The summed E-state index contributed by atoms with van der Waals surface area (Å²) >= 11 is 9.08. The molecule has 1 amide bonds. The Kier molecular flexibility index (Phi) is 4.98. The lowest BCUT2D eigenvalue weighted by Crippen LogP contribution is -2.29. The van der Waals surface area contributed by atoms with Crippen molar-refractivity contribution in [2.75, 3.05) is 12.5 Å². The van der Waals surface area contributed by atoms with Crippen LogP contribution in [0.5, 0.6) is 5.88 Å². The highest BCUT2D eigenvalue weighted by Crippen LogP contribution is 2.23. The van der Waals surface area contributed by atoms with Gasteiger partial charge in [0.2, 0.25) is 5.88 Å². The van der Waals surface area contributed by atoms with Crippen LogP contribution < -0.4 is 15.6 Å². The molecule has 0 aliphatic heterocycles. The van der Waals surface area contributed by atoms with Gasteiger partial charge in [0.15, 0.2) is 5.82 Å². The van der Waals surface area contributed by atoms with Crippen LogP contribution in [0.25, 0.3) is 0 Å². The van der Waals surface area contributed by atoms with E-state index in [1.807, 2.05) is 0 Å². The normalized spacial score (nSPS) is 10.1. The van der Waals surface area contributed by atoms with E-state index in [1.54, 1.807) is 18.2 Å². The summed E-state index contributed by atoms with van der Waals surface area (Å²) in [4.78, 5) is 15.7. The second kappa shape index (κ2) is 6.73. The first-order valence-corrected chi connectivity index (χ1v) is 6.89. The second-order valence-electron chi connectivity index (χ2n) is 3.92. The third-order valence-electron chi connectivity index (χ3n) is 2.50. The number of ether oxygens (including phenoxy) is 1. The fourth-order valence-electron chi connectivity index (χ4n) is 1.48. The molecular formula is C13H10BrClFN3O2. The van der Waals surface area contributed by atoms with Crippen LogP contribution in [0.3, 0.4) is 0 Å². The molecule has 1 aromatic carbocycles. The maximum Gasteiger partial charge on any atom is 0.269 e. The van der Waals surface area contributed by atoms with Crippen molar-refractivity contribution in [3.05, 3.63) is 51.3 Å². The molecule has 8 heteroatoms. The molecule has 0 fully saturated rings. The zero-order chi connectivity index (χ0) is 15.4. The molecule has 110 valence electrons. The van der Waals surface area contributed by atoms with Gasteiger partial charge >= 0.3 is 0 Å². The summed E-state index contributed by atoms with van der Waals surface area (Å²) in [5.74, 6) is -1.15. The monoisotopic (exact) mass is 373 g/mol. The summed E-state index contributed by atoms with van der Waals surface area (Å²) in [5.41, 5.74) is 5.67. The van der Waals surface area contributed by atoms with E-state index in [2.05, 4.69) is 31.8 Å². The lowest BCUT2D eigenvalue weighted by atomic mass is 10.2. The molecule has 2 rings (SSSR count). The minimum atomic E-state index is -0.633. The predicted octanol–water partition coefficient (Wildman–Crippen LogP) is 3.40. The number of anilines is 1. The maximum atomic E-state index is 13.4. The largest absolute Gasteiger partial charge is 0.479 e. The molecule has 0 spiro atoms. The number of pyridine rings is 1. The van der Waals surface area contributed by atoms with Gasteiger partial charge < -0.3 is 4.74 Å². The molecule has 2 aromatic rings. The number of carbonyl (C=O) groups excluding carboxylic acids is 1. The third kappa shape index (κ3) is 3.83. The number of halogens is 3. The molecule has 0 atom stereocenters. The predicted molar refractivity (Wildman–Crippen MR) is 81.0 cm³/mol. The van der Waals surface area contributed by atoms with Crippen LogP contribution in [-0.4, -0.2) is 18.0 Å². The zero-order valence-electron chi connectivity index (χ0n) is 10.8. The topological polar surface area (TPSA) is 63.2 Å². The van der Waals surface area contributed by atoms with Gasteiger partial charge in [-0.3, -0.25) is 15.6 Å². The van der Waals surface area contributed by atoms with Gasteiger partial charge in [-0.2, -0.15) is 0 Å². The van der Waals surface area contributed by atoms with Gasteiger partial charge in [-0.05, 0) is 34.1 Å². The number of hydrogen-bond acceptors (Lipinski definition) is 4. The Bertz CT molecular complexity index is 684. The number of hydrogen-bond donors (Lipinski definition) is 2. The maximum absolute atomic E-state index is 13.4. The molecule has 0 saturated heterocycles. The Morgan fingerprint density at radius 3 is 2.81 bits per heavy atom. The molecule has 2 N–H and O–H groups in total. The summed E-state index contributed by atoms with van der Waals surface area (Å²) < 4.78 is 18.7. The van der Waals surface area contributed by atoms with Crippen molar-refractivity contribution in [3.63, 3.8) is 0 Å². The number of aromatic nitrogens is 1. The summed E-state index contributed by atoms with van der Waals surface area (Å²) in [5, 5.41) is 0.501. The standard InChI is InChI=1S/C13H10BrClFN3O2/c1-21-13-11(16)5-8(6-17-13)18-19-12(20)7-2-3-10(15)9(14)4-7/h2-6,18H,1H3,(H,19,20). The van der Waals surface area contributed by atoms with E-state index < -0.39 is 11.7 Å². The van der Waals surface area contributed by atoms with Crippen LogP contribution in [0.15, 0.2) is 34.9 Å². The average molecular weight is 375 g/mol. The molecule has 1 heterocycles. The summed E-state index contributed by atoms with van der Waals surface area (Å²) in [6.07, 6.45) is 1.33. The minimum absolute atomic E-state index is 0.117. The third-order valence-corrected chi connectivity index (χ3v) is 3.72. The lowest BCUT2D eigenvalue weighted by molar-refractivity contribution is 0.0962. The second-order valence-corrected chi connectivity index (χ2v) is 5.18. The van der Waals surface area contributed by atoms with Gasteiger partial charge in [0, 0.05) is 16.1 Å². The highest BCUT2D eigenvalue weighted by atomic mass is 79.9. The summed E-state index contributed by atoms with van der Waals surface area (Å²) in [6, 6.07) is 5.89. The molecule has 0 bridgehead atoms. The van der Waals surface area contributed by atoms with E-state index >= 15 is 0 Å². The van der Waals surface area contributed by atoms with Crippen molar-refractivity contribution < 1.29 is 13.9 Å². The molecule has 0 saturated carbocycles. The molecule has 0 unspecified atom stereocenters. The molecule has 21 heavy (non-hydrogen) atoms. The SMILES string of the molecule is COc1ncc(NNC(=O)c2ccc(Cl)c(Br)c2)cc1F. The van der Waals surface area contributed by atoms with Gasteiger partial charge in [0.1, 0.15) is 0 Å². The van der Waals surface area contributed by atoms with Crippen LogP contribution in [0, 0.1) is 5.82 Å². The van der Waals surface area contributed by atoms with Crippen LogP contribution in [0.2, 0.25) is 5.02 Å². The first-order valence-electron chi connectivity index (χ1n) is 5.72. The van der Waals surface area contributed by atoms with Crippen molar-refractivity contribution in [2.45, 2.75) is 0 Å². The fourth-order valence-corrected chi connectivity index (χ4v) is 1.98. The van der Waals surface area contributed by atoms with E-state index in [4.69, 9.17) is 16.3 Å². The Balaban J connectivity index is 2.03. The van der Waals surface area contributed by atoms with Crippen LogP contribution in [-0.2, 0) is 0 Å². The number of nitrogens with one attached hydrogen (secondary N) is 2. The van der Waals surface area contributed by atoms with Gasteiger partial charge in [0.25, 0.3) is 5.91 Å². The Morgan fingerprint density at radius 1 is 1.43 bits per heavy atom. The number of carbonyl (C=O) groups is 1. The van der Waals surface area contributed by atoms with Gasteiger partial charge in [-0.25, -0.2) is 9.37 Å². The smallest absolute Gasteiger partial charge is 0.269 e. The first kappa shape index (κ1) is 15.5. The molecule has 1 aromatic heterocycles. The molecular weight excluding hydrogens is 365 g/mol. The van der Waals surface area contributed by atoms with Crippen molar-refractivity contribution >= 4 is 39.1 Å². The van der Waals surface area contributed by atoms with E-state index in [-0.39, 0.29) is 11.6 Å². The molecule has 0 aliphatic carbocycles. The summed E-state index contributed by atoms with van der Waals surface area (Å²) in [6.45, 7) is 0.